The minimum atomic E-state index is 0.614. The molecular formula is C14H18N2S2. The molecule has 0 aliphatic rings. The maximum Gasteiger partial charge on any atom is 0.103 e. The van der Waals surface area contributed by atoms with Crippen molar-refractivity contribution in [2.75, 3.05) is 0 Å². The van der Waals surface area contributed by atoms with Crippen LogP contribution in [0.5, 0.6) is 0 Å². The van der Waals surface area contributed by atoms with Crippen LogP contribution >= 0.6 is 23.1 Å². The van der Waals surface area contributed by atoms with Gasteiger partial charge in [-0.1, -0.05) is 31.5 Å². The highest BCUT2D eigenvalue weighted by Crippen LogP contribution is 2.27. The number of hydrogen-bond donors (Lipinski definition) is 1. The molecule has 0 aliphatic heterocycles. The molecule has 0 fully saturated rings. The summed E-state index contributed by atoms with van der Waals surface area (Å²) in [6, 6.07) is 10.4. The lowest BCUT2D eigenvalue weighted by Gasteiger charge is -1.97. The third-order valence-corrected chi connectivity index (χ3v) is 4.93. The molecule has 18 heavy (non-hydrogen) atoms. The Morgan fingerprint density at radius 2 is 2.06 bits per heavy atom. The van der Waals surface area contributed by atoms with E-state index in [1.165, 1.54) is 20.5 Å². The van der Waals surface area contributed by atoms with Crippen molar-refractivity contribution in [3.63, 3.8) is 0 Å². The Balaban J connectivity index is 2.01. The summed E-state index contributed by atoms with van der Waals surface area (Å²) in [6.45, 7) is 2.79. The molecule has 0 radical (unpaired) electrons. The van der Waals surface area contributed by atoms with E-state index in [1.54, 1.807) is 11.3 Å². The number of thioether (sulfide) groups is 1. The number of nitrogens with two attached hydrogens (primary N) is 1. The van der Waals surface area contributed by atoms with E-state index in [9.17, 15) is 0 Å². The Kier molecular flexibility index (Phi) is 5.23. The summed E-state index contributed by atoms with van der Waals surface area (Å²) < 4.78 is 0. The molecule has 2 N–H and O–H groups in total. The highest BCUT2D eigenvalue weighted by atomic mass is 32.2. The van der Waals surface area contributed by atoms with Crippen molar-refractivity contribution in [3.05, 3.63) is 45.9 Å². The Labute approximate surface area is 117 Å². The zero-order valence-corrected chi connectivity index (χ0v) is 12.2. The van der Waals surface area contributed by atoms with Gasteiger partial charge in [0.05, 0.1) is 11.4 Å². The molecule has 0 aliphatic carbocycles. The highest BCUT2D eigenvalue weighted by molar-refractivity contribution is 7.98. The molecule has 0 atom stereocenters. The molecule has 0 saturated carbocycles. The fourth-order valence-electron chi connectivity index (χ4n) is 1.75. The molecule has 0 unspecified atom stereocenters. The SMILES string of the molecule is CCCc1nc(CSc2ccccc2)sc1CN. The Bertz CT molecular complexity index is 480. The second-order valence-corrected chi connectivity index (χ2v) is 6.25. The standard InChI is InChI=1S/C14H18N2S2/c1-2-6-12-13(9-15)18-14(16-12)10-17-11-7-4-3-5-8-11/h3-5,7-8H,2,6,9-10,15H2,1H3. The molecule has 2 aromatic rings. The van der Waals surface area contributed by atoms with Gasteiger partial charge in [-0.05, 0) is 18.6 Å². The topological polar surface area (TPSA) is 38.9 Å². The van der Waals surface area contributed by atoms with Gasteiger partial charge in [-0.2, -0.15) is 0 Å². The molecule has 0 amide bonds. The van der Waals surface area contributed by atoms with Crippen molar-refractivity contribution in [2.24, 2.45) is 5.73 Å². The molecule has 0 spiro atoms. The zero-order chi connectivity index (χ0) is 12.8. The molecule has 0 bridgehead atoms. The van der Waals surface area contributed by atoms with Gasteiger partial charge in [0.1, 0.15) is 5.01 Å². The predicted molar refractivity (Wildman–Crippen MR) is 80.0 cm³/mol. The number of thiazole rings is 1. The molecule has 96 valence electrons. The van der Waals surface area contributed by atoms with Crippen LogP contribution in [0.15, 0.2) is 35.2 Å². The average Bonchev–Trinajstić information content (AvgIpc) is 2.80. The fraction of sp³-hybridized carbons (Fsp3) is 0.357. The lowest BCUT2D eigenvalue weighted by Crippen LogP contribution is -1.97. The summed E-state index contributed by atoms with van der Waals surface area (Å²) in [5, 5.41) is 1.19. The predicted octanol–water partition coefficient (Wildman–Crippen LogP) is 3.85. The van der Waals surface area contributed by atoms with Gasteiger partial charge >= 0.3 is 0 Å². The summed E-state index contributed by atoms with van der Waals surface area (Å²) in [6.07, 6.45) is 2.17. The number of aryl methyl sites for hydroxylation is 1. The Morgan fingerprint density at radius 1 is 1.28 bits per heavy atom. The van der Waals surface area contributed by atoms with Crippen LogP contribution in [0.25, 0.3) is 0 Å². The van der Waals surface area contributed by atoms with Crippen LogP contribution in [0.4, 0.5) is 0 Å². The zero-order valence-electron chi connectivity index (χ0n) is 10.6. The first-order valence-corrected chi connectivity index (χ1v) is 7.99. The number of hydrogen-bond acceptors (Lipinski definition) is 4. The summed E-state index contributed by atoms with van der Waals surface area (Å²) in [7, 11) is 0. The number of benzene rings is 1. The molecule has 1 aromatic heterocycles. The summed E-state index contributed by atoms with van der Waals surface area (Å²) in [5.41, 5.74) is 6.97. The van der Waals surface area contributed by atoms with Crippen LogP contribution in [0.3, 0.4) is 0 Å². The van der Waals surface area contributed by atoms with E-state index < -0.39 is 0 Å². The lowest BCUT2D eigenvalue weighted by molar-refractivity contribution is 0.866. The minimum absolute atomic E-state index is 0.614. The maximum absolute atomic E-state index is 5.77. The van der Waals surface area contributed by atoms with Gasteiger partial charge in [0.2, 0.25) is 0 Å². The second-order valence-electron chi connectivity index (χ2n) is 4.03. The monoisotopic (exact) mass is 278 g/mol. The van der Waals surface area contributed by atoms with E-state index in [1.807, 2.05) is 17.8 Å². The molecule has 2 rings (SSSR count). The average molecular weight is 278 g/mol. The first kappa shape index (κ1) is 13.6. The van der Waals surface area contributed by atoms with Crippen LogP contribution < -0.4 is 5.73 Å². The van der Waals surface area contributed by atoms with Crippen LogP contribution in [0, 0.1) is 0 Å². The van der Waals surface area contributed by atoms with Crippen molar-refractivity contribution in [2.45, 2.75) is 37.0 Å². The van der Waals surface area contributed by atoms with Crippen molar-refractivity contribution in [3.8, 4) is 0 Å². The minimum Gasteiger partial charge on any atom is -0.326 e. The number of nitrogens with zero attached hydrogens (tertiary/aromatic N) is 1. The van der Waals surface area contributed by atoms with Crippen LogP contribution in [-0.2, 0) is 18.7 Å². The first-order valence-electron chi connectivity index (χ1n) is 6.18. The van der Waals surface area contributed by atoms with Gasteiger partial charge in [0.25, 0.3) is 0 Å². The third-order valence-electron chi connectivity index (χ3n) is 2.60. The van der Waals surface area contributed by atoms with Crippen molar-refractivity contribution < 1.29 is 0 Å². The van der Waals surface area contributed by atoms with E-state index in [0.29, 0.717) is 6.54 Å². The summed E-state index contributed by atoms with van der Waals surface area (Å²) in [4.78, 5) is 7.24. The van der Waals surface area contributed by atoms with Crippen LogP contribution in [0.2, 0.25) is 0 Å². The van der Waals surface area contributed by atoms with Gasteiger partial charge in [-0.15, -0.1) is 23.1 Å². The van der Waals surface area contributed by atoms with E-state index in [4.69, 9.17) is 10.7 Å². The Morgan fingerprint density at radius 3 is 2.72 bits per heavy atom. The van der Waals surface area contributed by atoms with Gasteiger partial charge in [-0.3, -0.25) is 0 Å². The third kappa shape index (κ3) is 3.57. The van der Waals surface area contributed by atoms with Gasteiger partial charge in [0, 0.05) is 16.3 Å². The molecule has 0 saturated heterocycles. The fourth-order valence-corrected chi connectivity index (χ4v) is 3.66. The van der Waals surface area contributed by atoms with Crippen LogP contribution in [0.1, 0.15) is 28.9 Å². The maximum atomic E-state index is 5.77. The lowest BCUT2D eigenvalue weighted by atomic mass is 10.2. The normalized spacial score (nSPS) is 10.8. The number of aromatic nitrogens is 1. The van der Waals surface area contributed by atoms with Crippen molar-refractivity contribution >= 4 is 23.1 Å². The smallest absolute Gasteiger partial charge is 0.103 e. The summed E-state index contributed by atoms with van der Waals surface area (Å²) >= 11 is 3.59. The van der Waals surface area contributed by atoms with Gasteiger partial charge < -0.3 is 5.73 Å². The molecule has 1 heterocycles. The largest absolute Gasteiger partial charge is 0.326 e. The highest BCUT2D eigenvalue weighted by Gasteiger charge is 2.09. The second kappa shape index (κ2) is 6.92. The molecule has 2 nitrogen and oxygen atoms in total. The van der Waals surface area contributed by atoms with E-state index in [-0.39, 0.29) is 0 Å². The van der Waals surface area contributed by atoms with E-state index in [2.05, 4.69) is 31.2 Å². The first-order chi connectivity index (χ1) is 8.83. The van der Waals surface area contributed by atoms with Gasteiger partial charge in [-0.25, -0.2) is 4.98 Å². The molecule has 4 heteroatoms. The van der Waals surface area contributed by atoms with E-state index >= 15 is 0 Å². The van der Waals surface area contributed by atoms with Gasteiger partial charge in [0.15, 0.2) is 0 Å². The van der Waals surface area contributed by atoms with Crippen LogP contribution in [-0.4, -0.2) is 4.98 Å². The van der Waals surface area contributed by atoms with Crippen molar-refractivity contribution in [1.29, 1.82) is 0 Å². The number of rotatable bonds is 6. The Hall–Kier alpha value is -0.840. The molecule has 1 aromatic carbocycles. The van der Waals surface area contributed by atoms with Crippen molar-refractivity contribution in [1.82, 2.24) is 4.98 Å². The quantitative estimate of drug-likeness (QED) is 0.816. The molecular weight excluding hydrogens is 260 g/mol. The van der Waals surface area contributed by atoms with E-state index in [0.717, 1.165) is 18.6 Å². The summed E-state index contributed by atoms with van der Waals surface area (Å²) in [5.74, 6) is 0.936.